The molecule has 1 aromatic carbocycles. The molecule has 1 aromatic heterocycles. The topological polar surface area (TPSA) is 29.9 Å². The molecule has 0 aliphatic heterocycles. The second-order valence-corrected chi connectivity index (χ2v) is 5.81. The highest BCUT2D eigenvalue weighted by molar-refractivity contribution is 9.10. The minimum Gasteiger partial charge on any atom is -0.313 e. The van der Waals surface area contributed by atoms with Gasteiger partial charge in [0, 0.05) is 12.6 Å². The average Bonchev–Trinajstić information content (AvgIpc) is 2.82. The van der Waals surface area contributed by atoms with Crippen LogP contribution in [0.25, 0.3) is 0 Å². The molecule has 0 amide bonds. The summed E-state index contributed by atoms with van der Waals surface area (Å²) in [5.74, 6) is 0. The standard InChI is InChI=1S/C16H22BrN3/c1-3-11-20-16(14(17)12-19-20)10-9-15(18-2)13-7-5-4-6-8-13/h4-8,12,15,18H,3,9-11H2,1-2H3. The molecule has 108 valence electrons. The van der Waals surface area contributed by atoms with Gasteiger partial charge < -0.3 is 5.32 Å². The van der Waals surface area contributed by atoms with Crippen molar-refractivity contribution in [2.24, 2.45) is 0 Å². The quantitative estimate of drug-likeness (QED) is 0.830. The lowest BCUT2D eigenvalue weighted by molar-refractivity contribution is 0.515. The highest BCUT2D eigenvalue weighted by Crippen LogP contribution is 2.23. The van der Waals surface area contributed by atoms with Gasteiger partial charge in [0.15, 0.2) is 0 Å². The predicted octanol–water partition coefficient (Wildman–Crippen LogP) is 3.95. The van der Waals surface area contributed by atoms with Crippen LogP contribution >= 0.6 is 15.9 Å². The number of aromatic nitrogens is 2. The SMILES string of the molecule is CCCn1ncc(Br)c1CCC(NC)c1ccccc1. The second-order valence-electron chi connectivity index (χ2n) is 4.95. The summed E-state index contributed by atoms with van der Waals surface area (Å²) in [5, 5.41) is 7.84. The Kier molecular flexibility index (Phi) is 5.80. The fraction of sp³-hybridized carbons (Fsp3) is 0.438. The summed E-state index contributed by atoms with van der Waals surface area (Å²) in [7, 11) is 2.02. The van der Waals surface area contributed by atoms with Gasteiger partial charge in [0.2, 0.25) is 0 Å². The van der Waals surface area contributed by atoms with Crippen LogP contribution in [0, 0.1) is 0 Å². The van der Waals surface area contributed by atoms with Gasteiger partial charge in [-0.15, -0.1) is 0 Å². The fourth-order valence-corrected chi connectivity index (χ4v) is 2.98. The smallest absolute Gasteiger partial charge is 0.0635 e. The van der Waals surface area contributed by atoms with Gasteiger partial charge in [-0.1, -0.05) is 37.3 Å². The molecule has 4 heteroatoms. The molecular weight excluding hydrogens is 314 g/mol. The minimum absolute atomic E-state index is 0.382. The number of nitrogens with zero attached hydrogens (tertiary/aromatic N) is 2. The van der Waals surface area contributed by atoms with E-state index in [9.17, 15) is 0 Å². The summed E-state index contributed by atoms with van der Waals surface area (Å²) in [6, 6.07) is 11.0. The molecule has 1 atom stereocenters. The van der Waals surface area contributed by atoms with Crippen molar-refractivity contribution in [3.8, 4) is 0 Å². The number of nitrogens with one attached hydrogen (secondary N) is 1. The van der Waals surface area contributed by atoms with E-state index in [-0.39, 0.29) is 0 Å². The maximum atomic E-state index is 4.43. The first-order valence-corrected chi connectivity index (χ1v) is 7.98. The fourth-order valence-electron chi connectivity index (χ4n) is 2.48. The van der Waals surface area contributed by atoms with Gasteiger partial charge in [-0.2, -0.15) is 5.10 Å². The average molecular weight is 336 g/mol. The summed E-state index contributed by atoms with van der Waals surface area (Å²) in [5.41, 5.74) is 2.63. The van der Waals surface area contributed by atoms with Gasteiger partial charge in [-0.25, -0.2) is 0 Å². The van der Waals surface area contributed by atoms with Crippen molar-refractivity contribution in [3.63, 3.8) is 0 Å². The van der Waals surface area contributed by atoms with Crippen molar-refractivity contribution in [2.75, 3.05) is 7.05 Å². The van der Waals surface area contributed by atoms with E-state index in [0.717, 1.165) is 30.3 Å². The summed E-state index contributed by atoms with van der Waals surface area (Å²) < 4.78 is 3.23. The molecule has 20 heavy (non-hydrogen) atoms. The van der Waals surface area contributed by atoms with Crippen molar-refractivity contribution >= 4 is 15.9 Å². The van der Waals surface area contributed by atoms with Crippen molar-refractivity contribution in [1.82, 2.24) is 15.1 Å². The summed E-state index contributed by atoms with van der Waals surface area (Å²) in [6.07, 6.45) is 5.09. The molecule has 0 saturated carbocycles. The van der Waals surface area contributed by atoms with Crippen LogP contribution in [0.1, 0.15) is 37.1 Å². The molecule has 0 aliphatic carbocycles. The van der Waals surface area contributed by atoms with Crippen LogP contribution in [0.4, 0.5) is 0 Å². The van der Waals surface area contributed by atoms with Crippen LogP contribution in [-0.2, 0) is 13.0 Å². The third-order valence-corrected chi connectivity index (χ3v) is 4.22. The van der Waals surface area contributed by atoms with Gasteiger partial charge in [-0.3, -0.25) is 4.68 Å². The van der Waals surface area contributed by atoms with E-state index in [4.69, 9.17) is 0 Å². The third kappa shape index (κ3) is 3.70. The van der Waals surface area contributed by atoms with Crippen molar-refractivity contribution < 1.29 is 0 Å². The second kappa shape index (κ2) is 7.60. The number of aryl methyl sites for hydroxylation is 1. The Labute approximate surface area is 129 Å². The number of rotatable bonds is 7. The first-order valence-electron chi connectivity index (χ1n) is 7.18. The third-order valence-electron chi connectivity index (χ3n) is 3.55. The van der Waals surface area contributed by atoms with Crippen molar-refractivity contribution in [1.29, 1.82) is 0 Å². The maximum absolute atomic E-state index is 4.43. The first-order chi connectivity index (χ1) is 9.76. The normalized spacial score (nSPS) is 12.6. The van der Waals surface area contributed by atoms with Crippen LogP contribution in [0.2, 0.25) is 0 Å². The minimum atomic E-state index is 0.382. The zero-order valence-electron chi connectivity index (χ0n) is 12.1. The summed E-state index contributed by atoms with van der Waals surface area (Å²) in [4.78, 5) is 0. The van der Waals surface area contributed by atoms with E-state index in [1.165, 1.54) is 11.3 Å². The highest BCUT2D eigenvalue weighted by Gasteiger charge is 2.13. The van der Waals surface area contributed by atoms with Gasteiger partial charge in [-0.05, 0) is 47.8 Å². The molecule has 3 nitrogen and oxygen atoms in total. The van der Waals surface area contributed by atoms with Crippen molar-refractivity contribution in [3.05, 3.63) is 52.3 Å². The molecule has 0 bridgehead atoms. The van der Waals surface area contributed by atoms with Gasteiger partial charge in [0.05, 0.1) is 16.4 Å². The molecule has 0 spiro atoms. The molecule has 1 heterocycles. The van der Waals surface area contributed by atoms with Gasteiger partial charge >= 0.3 is 0 Å². The molecule has 0 aliphatic rings. The van der Waals surface area contributed by atoms with Gasteiger partial charge in [0.25, 0.3) is 0 Å². The summed E-state index contributed by atoms with van der Waals surface area (Å²) >= 11 is 3.61. The van der Waals surface area contributed by atoms with E-state index in [0.29, 0.717) is 6.04 Å². The molecule has 1 unspecified atom stereocenters. The Morgan fingerprint density at radius 2 is 2.05 bits per heavy atom. The van der Waals surface area contributed by atoms with E-state index >= 15 is 0 Å². The Morgan fingerprint density at radius 3 is 2.70 bits per heavy atom. The highest BCUT2D eigenvalue weighted by atomic mass is 79.9. The first kappa shape index (κ1) is 15.3. The Hall–Kier alpha value is -1.13. The predicted molar refractivity (Wildman–Crippen MR) is 86.8 cm³/mol. The number of halogens is 1. The van der Waals surface area contributed by atoms with E-state index in [1.54, 1.807) is 0 Å². The Bertz CT molecular complexity index is 522. The lowest BCUT2D eigenvalue weighted by Crippen LogP contribution is -2.18. The number of benzene rings is 1. The molecule has 2 rings (SSSR count). The molecule has 0 fully saturated rings. The Morgan fingerprint density at radius 1 is 1.30 bits per heavy atom. The van der Waals surface area contributed by atoms with E-state index in [2.05, 4.69) is 68.3 Å². The Balaban J connectivity index is 2.05. The molecule has 0 saturated heterocycles. The van der Waals surface area contributed by atoms with Crippen LogP contribution < -0.4 is 5.32 Å². The zero-order valence-corrected chi connectivity index (χ0v) is 13.7. The van der Waals surface area contributed by atoms with E-state index < -0.39 is 0 Å². The largest absolute Gasteiger partial charge is 0.313 e. The lowest BCUT2D eigenvalue weighted by Gasteiger charge is -2.17. The van der Waals surface area contributed by atoms with Gasteiger partial charge in [0.1, 0.15) is 0 Å². The molecule has 2 aromatic rings. The van der Waals surface area contributed by atoms with Crippen LogP contribution in [-0.4, -0.2) is 16.8 Å². The maximum Gasteiger partial charge on any atom is 0.0635 e. The summed E-state index contributed by atoms with van der Waals surface area (Å²) in [6.45, 7) is 3.16. The number of hydrogen-bond acceptors (Lipinski definition) is 2. The number of hydrogen-bond donors (Lipinski definition) is 1. The molecule has 1 N–H and O–H groups in total. The van der Waals surface area contributed by atoms with Crippen LogP contribution in [0.5, 0.6) is 0 Å². The van der Waals surface area contributed by atoms with Crippen molar-refractivity contribution in [2.45, 2.75) is 38.8 Å². The molecule has 0 radical (unpaired) electrons. The van der Waals surface area contributed by atoms with Crippen LogP contribution in [0.3, 0.4) is 0 Å². The lowest BCUT2D eigenvalue weighted by atomic mass is 10.0. The zero-order chi connectivity index (χ0) is 14.4. The monoisotopic (exact) mass is 335 g/mol. The van der Waals surface area contributed by atoms with E-state index in [1.807, 2.05) is 13.2 Å². The molecular formula is C16H22BrN3. The van der Waals surface area contributed by atoms with Crippen LogP contribution in [0.15, 0.2) is 41.0 Å².